The average molecular weight is 349 g/mol. The molecule has 1 aromatic rings. The molecule has 0 saturated carbocycles. The summed E-state index contributed by atoms with van der Waals surface area (Å²) < 4.78 is 0. The number of aliphatic carboxylic acids is 1. The van der Waals surface area contributed by atoms with E-state index in [1.54, 1.807) is 23.4 Å². The first-order chi connectivity index (χ1) is 12.0. The number of piperidine rings is 1. The molecule has 2 amide bonds. The molecule has 4 N–H and O–H groups in total. The van der Waals surface area contributed by atoms with E-state index in [-0.39, 0.29) is 6.03 Å². The molecular formula is C17H27N5O3. The van der Waals surface area contributed by atoms with Crippen LogP contribution in [0.2, 0.25) is 0 Å². The Morgan fingerprint density at radius 2 is 1.88 bits per heavy atom. The molecule has 0 atom stereocenters. The molecule has 2 aliphatic heterocycles. The molecular weight excluding hydrogens is 322 g/mol. The van der Waals surface area contributed by atoms with Crippen LogP contribution < -0.4 is 11.1 Å². The molecule has 0 aliphatic carbocycles. The molecule has 3 heterocycles. The maximum Gasteiger partial charge on any atom is 0.314 e. The van der Waals surface area contributed by atoms with Crippen LogP contribution in [0.1, 0.15) is 18.4 Å². The molecule has 8 nitrogen and oxygen atoms in total. The summed E-state index contributed by atoms with van der Waals surface area (Å²) >= 11 is 0. The smallest absolute Gasteiger partial charge is 0.314 e. The highest BCUT2D eigenvalue weighted by Gasteiger charge is 2.41. The molecule has 3 rings (SSSR count). The van der Waals surface area contributed by atoms with Crippen LogP contribution >= 0.6 is 0 Å². The lowest BCUT2D eigenvalue weighted by Gasteiger charge is -2.33. The van der Waals surface area contributed by atoms with Crippen molar-refractivity contribution in [3.05, 3.63) is 30.1 Å². The minimum absolute atomic E-state index is 0.298. The summed E-state index contributed by atoms with van der Waals surface area (Å²) in [7, 11) is 2.04. The molecule has 2 fully saturated rings. The van der Waals surface area contributed by atoms with Crippen molar-refractivity contribution in [1.29, 1.82) is 0 Å². The Hall–Kier alpha value is -2.19. The number of pyridine rings is 1. The van der Waals surface area contributed by atoms with E-state index < -0.39 is 11.4 Å². The van der Waals surface area contributed by atoms with Gasteiger partial charge in [0.25, 0.3) is 0 Å². The topological polar surface area (TPSA) is 112 Å². The maximum absolute atomic E-state index is 11.4. The third-order valence-electron chi connectivity index (χ3n) is 4.90. The van der Waals surface area contributed by atoms with Crippen molar-refractivity contribution in [3.8, 4) is 0 Å². The van der Waals surface area contributed by atoms with Gasteiger partial charge in [0, 0.05) is 38.6 Å². The van der Waals surface area contributed by atoms with Crippen LogP contribution in [0.5, 0.6) is 0 Å². The zero-order valence-corrected chi connectivity index (χ0v) is 14.6. The molecule has 0 spiro atoms. The van der Waals surface area contributed by atoms with E-state index in [0.717, 1.165) is 44.8 Å². The fraction of sp³-hybridized carbons (Fsp3) is 0.588. The van der Waals surface area contributed by atoms with Crippen molar-refractivity contribution in [2.24, 2.45) is 5.73 Å². The third-order valence-corrected chi connectivity index (χ3v) is 4.90. The Labute approximate surface area is 148 Å². The van der Waals surface area contributed by atoms with Crippen molar-refractivity contribution in [2.75, 3.05) is 46.3 Å². The predicted octanol–water partition coefficient (Wildman–Crippen LogP) is 0.0999. The van der Waals surface area contributed by atoms with Gasteiger partial charge in [0.2, 0.25) is 0 Å². The standard InChI is InChI=1S/C11H14N2O2.C6H13N3O/c14-10(15)11(3-6-12-7-4-11)9-2-1-5-13-8-9;1-8-2-4-9(5-3-8)6(7)10/h1-2,5,8,12H,3-4,6-7H2,(H,14,15);2-5H2,1H3,(H2,7,10). The molecule has 25 heavy (non-hydrogen) atoms. The van der Waals surface area contributed by atoms with Crippen LogP contribution in [0.4, 0.5) is 4.79 Å². The Bertz CT molecular complexity index is 567. The highest BCUT2D eigenvalue weighted by molar-refractivity contribution is 5.81. The minimum atomic E-state index is -0.739. The van der Waals surface area contributed by atoms with Crippen molar-refractivity contribution in [3.63, 3.8) is 0 Å². The van der Waals surface area contributed by atoms with Gasteiger partial charge in [-0.1, -0.05) is 6.07 Å². The van der Waals surface area contributed by atoms with Gasteiger partial charge < -0.3 is 26.0 Å². The fourth-order valence-electron chi connectivity index (χ4n) is 3.15. The lowest BCUT2D eigenvalue weighted by Crippen LogP contribution is -2.49. The number of carbonyl (C=O) groups is 2. The Morgan fingerprint density at radius 1 is 1.24 bits per heavy atom. The first-order valence-electron chi connectivity index (χ1n) is 8.53. The van der Waals surface area contributed by atoms with Crippen molar-refractivity contribution >= 4 is 12.0 Å². The zero-order chi connectivity index (χ0) is 18.3. The largest absolute Gasteiger partial charge is 0.481 e. The van der Waals surface area contributed by atoms with E-state index in [9.17, 15) is 14.7 Å². The van der Waals surface area contributed by atoms with E-state index in [4.69, 9.17) is 5.73 Å². The summed E-state index contributed by atoms with van der Waals surface area (Å²) in [5.41, 5.74) is 5.16. The molecule has 2 aliphatic rings. The van der Waals surface area contributed by atoms with E-state index in [2.05, 4.69) is 15.2 Å². The lowest BCUT2D eigenvalue weighted by molar-refractivity contribution is -0.145. The highest BCUT2D eigenvalue weighted by Crippen LogP contribution is 2.33. The van der Waals surface area contributed by atoms with Crippen molar-refractivity contribution in [2.45, 2.75) is 18.3 Å². The predicted molar refractivity (Wildman–Crippen MR) is 94.3 cm³/mol. The summed E-state index contributed by atoms with van der Waals surface area (Å²) in [6.07, 6.45) is 4.60. The number of rotatable bonds is 2. The van der Waals surface area contributed by atoms with E-state index in [1.807, 2.05) is 13.1 Å². The molecule has 0 bridgehead atoms. The van der Waals surface area contributed by atoms with Gasteiger partial charge in [0.15, 0.2) is 0 Å². The number of carboxylic acids is 1. The van der Waals surface area contributed by atoms with Gasteiger partial charge in [-0.2, -0.15) is 0 Å². The number of primary amides is 1. The number of carboxylic acid groups (broad SMARTS) is 1. The Balaban J connectivity index is 0.000000196. The number of aromatic nitrogens is 1. The summed E-state index contributed by atoms with van der Waals surface area (Å²) in [6, 6.07) is 3.35. The van der Waals surface area contributed by atoms with Crippen LogP contribution in [-0.2, 0) is 10.2 Å². The fourth-order valence-corrected chi connectivity index (χ4v) is 3.15. The van der Waals surface area contributed by atoms with Gasteiger partial charge >= 0.3 is 12.0 Å². The first-order valence-corrected chi connectivity index (χ1v) is 8.53. The number of nitrogens with one attached hydrogen (secondary N) is 1. The summed E-state index contributed by atoms with van der Waals surface area (Å²) in [5, 5.41) is 12.6. The van der Waals surface area contributed by atoms with Crippen LogP contribution in [0.15, 0.2) is 24.5 Å². The Morgan fingerprint density at radius 3 is 2.36 bits per heavy atom. The molecule has 0 aromatic carbocycles. The van der Waals surface area contributed by atoms with Crippen molar-refractivity contribution < 1.29 is 14.7 Å². The first kappa shape index (κ1) is 19.1. The number of nitrogens with two attached hydrogens (primary N) is 1. The van der Waals surface area contributed by atoms with Crippen LogP contribution in [0.3, 0.4) is 0 Å². The average Bonchev–Trinajstić information content (AvgIpc) is 2.64. The number of amides is 2. The monoisotopic (exact) mass is 349 g/mol. The maximum atomic E-state index is 11.4. The molecule has 1 aromatic heterocycles. The molecule has 0 radical (unpaired) electrons. The van der Waals surface area contributed by atoms with Gasteiger partial charge in [0.1, 0.15) is 0 Å². The molecule has 8 heteroatoms. The molecule has 0 unspecified atom stereocenters. The number of nitrogens with zero attached hydrogens (tertiary/aromatic N) is 3. The van der Waals surface area contributed by atoms with E-state index in [1.165, 1.54) is 0 Å². The van der Waals surface area contributed by atoms with E-state index in [0.29, 0.717) is 12.8 Å². The van der Waals surface area contributed by atoms with Gasteiger partial charge in [0.05, 0.1) is 5.41 Å². The quantitative estimate of drug-likeness (QED) is 0.698. The van der Waals surface area contributed by atoms with Gasteiger partial charge in [-0.3, -0.25) is 9.78 Å². The second kappa shape index (κ2) is 8.77. The van der Waals surface area contributed by atoms with Gasteiger partial charge in [-0.25, -0.2) is 4.79 Å². The van der Waals surface area contributed by atoms with Gasteiger partial charge in [-0.15, -0.1) is 0 Å². The molecule has 2 saturated heterocycles. The number of hydrogen-bond acceptors (Lipinski definition) is 5. The number of carbonyl (C=O) groups excluding carboxylic acids is 1. The number of piperazine rings is 1. The van der Waals surface area contributed by atoms with Crippen LogP contribution in [0.25, 0.3) is 0 Å². The summed E-state index contributed by atoms with van der Waals surface area (Å²) in [5.74, 6) is -0.739. The molecule has 138 valence electrons. The zero-order valence-electron chi connectivity index (χ0n) is 14.6. The van der Waals surface area contributed by atoms with Crippen LogP contribution in [0, 0.1) is 0 Å². The minimum Gasteiger partial charge on any atom is -0.481 e. The SMILES string of the molecule is CN1CCN(C(N)=O)CC1.O=C(O)C1(c2cccnc2)CCNCC1. The highest BCUT2D eigenvalue weighted by atomic mass is 16.4. The summed E-state index contributed by atoms with van der Waals surface area (Å²) in [6.45, 7) is 4.91. The van der Waals surface area contributed by atoms with E-state index >= 15 is 0 Å². The Kier molecular flexibility index (Phi) is 6.72. The second-order valence-electron chi connectivity index (χ2n) is 6.51. The lowest BCUT2D eigenvalue weighted by atomic mass is 9.74. The second-order valence-corrected chi connectivity index (χ2v) is 6.51. The number of hydrogen-bond donors (Lipinski definition) is 3. The van der Waals surface area contributed by atoms with Gasteiger partial charge in [-0.05, 0) is 44.6 Å². The van der Waals surface area contributed by atoms with Crippen molar-refractivity contribution in [1.82, 2.24) is 20.1 Å². The third kappa shape index (κ3) is 4.90. The summed E-state index contributed by atoms with van der Waals surface area (Å²) in [4.78, 5) is 29.9. The normalized spacial score (nSPS) is 20.3. The number of urea groups is 1. The number of likely N-dealkylation sites (N-methyl/N-ethyl adjacent to an activating group) is 1. The van der Waals surface area contributed by atoms with Crippen LogP contribution in [-0.4, -0.2) is 78.2 Å².